The van der Waals surface area contributed by atoms with Gasteiger partial charge in [-0.1, -0.05) is 0 Å². The highest BCUT2D eigenvalue weighted by molar-refractivity contribution is 7.11. The molecule has 5 heteroatoms. The van der Waals surface area contributed by atoms with Gasteiger partial charge in [0, 0.05) is 25.7 Å². The molecule has 0 amide bonds. The van der Waals surface area contributed by atoms with Crippen molar-refractivity contribution in [3.63, 3.8) is 0 Å². The van der Waals surface area contributed by atoms with Crippen LogP contribution in [0.1, 0.15) is 16.9 Å². The maximum Gasteiger partial charge on any atom is 0.131 e. The fourth-order valence-electron chi connectivity index (χ4n) is 1.69. The number of rotatable bonds is 2. The molecule has 0 radical (unpaired) electrons. The zero-order valence-corrected chi connectivity index (χ0v) is 9.47. The number of nitrogens with zero attached hydrogens (tertiary/aromatic N) is 3. The van der Waals surface area contributed by atoms with Crippen molar-refractivity contribution in [1.29, 1.82) is 0 Å². The Bertz CT molecular complexity index is 299. The molecule has 1 aliphatic heterocycles. The van der Waals surface area contributed by atoms with Gasteiger partial charge in [-0.15, -0.1) is 21.5 Å². The van der Waals surface area contributed by atoms with Gasteiger partial charge in [-0.25, -0.2) is 0 Å². The molecule has 0 unspecified atom stereocenters. The summed E-state index contributed by atoms with van der Waals surface area (Å²) in [7, 11) is 0. The lowest BCUT2D eigenvalue weighted by Gasteiger charge is -2.32. The van der Waals surface area contributed by atoms with E-state index in [9.17, 15) is 0 Å². The average Bonchev–Trinajstić information content (AvgIpc) is 2.56. The Morgan fingerprint density at radius 2 is 2.43 bits per heavy atom. The number of nitrogens with one attached hydrogen (secondary N) is 1. The summed E-state index contributed by atoms with van der Waals surface area (Å²) in [5, 5.41) is 13.8. The lowest BCUT2D eigenvalue weighted by atomic mass is 10.2. The zero-order valence-electron chi connectivity index (χ0n) is 8.66. The van der Waals surface area contributed by atoms with Gasteiger partial charge in [-0.3, -0.25) is 4.90 Å². The summed E-state index contributed by atoms with van der Waals surface area (Å²) in [6, 6.07) is 0.605. The second-order valence-corrected chi connectivity index (χ2v) is 5.00. The standard InChI is InChI=1S/C9H16N4S/c1-7-5-10-3-4-13(7)6-9-12-11-8(2)14-9/h7,10H,3-6H2,1-2H3/t7-/m0/s1. The molecule has 1 atom stereocenters. The van der Waals surface area contributed by atoms with E-state index in [1.54, 1.807) is 11.3 Å². The van der Waals surface area contributed by atoms with Gasteiger partial charge in [0.05, 0.1) is 6.54 Å². The largest absolute Gasteiger partial charge is 0.314 e. The molecule has 1 aliphatic rings. The van der Waals surface area contributed by atoms with Gasteiger partial charge in [-0.2, -0.15) is 0 Å². The Morgan fingerprint density at radius 1 is 1.57 bits per heavy atom. The molecule has 0 saturated carbocycles. The SMILES string of the molecule is Cc1nnc(CN2CCNC[C@@H]2C)s1. The molecule has 2 heterocycles. The minimum Gasteiger partial charge on any atom is -0.314 e. The second-order valence-electron chi connectivity index (χ2n) is 3.74. The second kappa shape index (κ2) is 4.33. The summed E-state index contributed by atoms with van der Waals surface area (Å²) in [5.74, 6) is 0. The highest BCUT2D eigenvalue weighted by Gasteiger charge is 2.18. The van der Waals surface area contributed by atoms with Gasteiger partial charge in [0.1, 0.15) is 10.0 Å². The average molecular weight is 212 g/mol. The molecule has 1 aromatic rings. The van der Waals surface area contributed by atoms with E-state index in [1.165, 1.54) is 0 Å². The molecule has 0 aliphatic carbocycles. The molecule has 0 spiro atoms. The van der Waals surface area contributed by atoms with Crippen molar-refractivity contribution in [2.75, 3.05) is 19.6 Å². The fourth-order valence-corrected chi connectivity index (χ4v) is 2.43. The molecule has 1 fully saturated rings. The molecule has 0 aromatic carbocycles. The van der Waals surface area contributed by atoms with Crippen LogP contribution in [0.25, 0.3) is 0 Å². The van der Waals surface area contributed by atoms with Crippen LogP contribution in [-0.4, -0.2) is 40.8 Å². The molecular weight excluding hydrogens is 196 g/mol. The first kappa shape index (κ1) is 10.0. The molecule has 78 valence electrons. The number of hydrogen-bond acceptors (Lipinski definition) is 5. The Hall–Kier alpha value is -0.520. The van der Waals surface area contributed by atoms with Crippen molar-refractivity contribution >= 4 is 11.3 Å². The minimum absolute atomic E-state index is 0.605. The first-order valence-corrected chi connectivity index (χ1v) is 5.81. The highest BCUT2D eigenvalue weighted by atomic mass is 32.1. The maximum absolute atomic E-state index is 4.15. The third-order valence-corrected chi connectivity index (χ3v) is 3.37. The van der Waals surface area contributed by atoms with E-state index < -0.39 is 0 Å². The van der Waals surface area contributed by atoms with Gasteiger partial charge in [0.25, 0.3) is 0 Å². The summed E-state index contributed by atoms with van der Waals surface area (Å²) >= 11 is 1.70. The van der Waals surface area contributed by atoms with E-state index in [0.29, 0.717) is 6.04 Å². The van der Waals surface area contributed by atoms with E-state index >= 15 is 0 Å². The maximum atomic E-state index is 4.15. The quantitative estimate of drug-likeness (QED) is 0.781. The van der Waals surface area contributed by atoms with Gasteiger partial charge < -0.3 is 5.32 Å². The first-order chi connectivity index (χ1) is 6.75. The van der Waals surface area contributed by atoms with Crippen molar-refractivity contribution in [2.45, 2.75) is 26.4 Å². The van der Waals surface area contributed by atoms with Crippen LogP contribution in [0, 0.1) is 6.92 Å². The van der Waals surface area contributed by atoms with Crippen molar-refractivity contribution in [3.05, 3.63) is 10.0 Å². The normalized spacial score (nSPS) is 24.0. The molecule has 1 aromatic heterocycles. The third-order valence-electron chi connectivity index (χ3n) is 2.55. The van der Waals surface area contributed by atoms with Crippen molar-refractivity contribution in [3.8, 4) is 0 Å². The van der Waals surface area contributed by atoms with E-state index in [4.69, 9.17) is 0 Å². The van der Waals surface area contributed by atoms with Crippen molar-refractivity contribution < 1.29 is 0 Å². The summed E-state index contributed by atoms with van der Waals surface area (Å²) in [6.07, 6.45) is 0. The summed E-state index contributed by atoms with van der Waals surface area (Å²) in [6.45, 7) is 8.48. The van der Waals surface area contributed by atoms with Crippen LogP contribution >= 0.6 is 11.3 Å². The molecule has 14 heavy (non-hydrogen) atoms. The first-order valence-electron chi connectivity index (χ1n) is 4.99. The summed E-state index contributed by atoms with van der Waals surface area (Å²) < 4.78 is 0. The van der Waals surface area contributed by atoms with Gasteiger partial charge in [0.2, 0.25) is 0 Å². The molecular formula is C9H16N4S. The molecule has 4 nitrogen and oxygen atoms in total. The fraction of sp³-hybridized carbons (Fsp3) is 0.778. The Balaban J connectivity index is 1.95. The number of hydrogen-bond donors (Lipinski definition) is 1. The van der Waals surface area contributed by atoms with E-state index in [2.05, 4.69) is 27.3 Å². The van der Waals surface area contributed by atoms with Crippen LogP contribution in [0.5, 0.6) is 0 Å². The molecule has 1 N–H and O–H groups in total. The number of aromatic nitrogens is 2. The van der Waals surface area contributed by atoms with Crippen LogP contribution < -0.4 is 5.32 Å². The molecule has 0 bridgehead atoms. The lowest BCUT2D eigenvalue weighted by molar-refractivity contribution is 0.165. The predicted octanol–water partition coefficient (Wildman–Crippen LogP) is 0.640. The summed E-state index contributed by atoms with van der Waals surface area (Å²) in [4.78, 5) is 2.45. The highest BCUT2D eigenvalue weighted by Crippen LogP contribution is 2.13. The number of aryl methyl sites for hydroxylation is 1. The van der Waals surface area contributed by atoms with Crippen LogP contribution in [0.2, 0.25) is 0 Å². The Kier molecular flexibility index (Phi) is 3.10. The van der Waals surface area contributed by atoms with Gasteiger partial charge in [0.15, 0.2) is 0 Å². The monoisotopic (exact) mass is 212 g/mol. The van der Waals surface area contributed by atoms with Crippen LogP contribution in [0.15, 0.2) is 0 Å². The van der Waals surface area contributed by atoms with Gasteiger partial charge >= 0.3 is 0 Å². The van der Waals surface area contributed by atoms with Crippen molar-refractivity contribution in [1.82, 2.24) is 20.4 Å². The van der Waals surface area contributed by atoms with Crippen molar-refractivity contribution in [2.24, 2.45) is 0 Å². The lowest BCUT2D eigenvalue weighted by Crippen LogP contribution is -2.49. The van der Waals surface area contributed by atoms with E-state index in [1.807, 2.05) is 6.92 Å². The third kappa shape index (κ3) is 2.29. The predicted molar refractivity (Wildman–Crippen MR) is 57.4 cm³/mol. The molecule has 1 saturated heterocycles. The zero-order chi connectivity index (χ0) is 9.97. The number of piperazine rings is 1. The topological polar surface area (TPSA) is 41.1 Å². The minimum atomic E-state index is 0.605. The Labute approximate surface area is 88.3 Å². The van der Waals surface area contributed by atoms with Crippen LogP contribution in [-0.2, 0) is 6.54 Å². The van der Waals surface area contributed by atoms with E-state index in [0.717, 1.165) is 36.2 Å². The van der Waals surface area contributed by atoms with Crippen LogP contribution in [0.3, 0.4) is 0 Å². The Morgan fingerprint density at radius 3 is 3.07 bits per heavy atom. The smallest absolute Gasteiger partial charge is 0.131 e. The van der Waals surface area contributed by atoms with Crippen LogP contribution in [0.4, 0.5) is 0 Å². The molecule has 2 rings (SSSR count). The summed E-state index contributed by atoms with van der Waals surface area (Å²) in [5.41, 5.74) is 0. The van der Waals surface area contributed by atoms with E-state index in [-0.39, 0.29) is 0 Å². The van der Waals surface area contributed by atoms with Gasteiger partial charge in [-0.05, 0) is 13.8 Å².